The molecular formula is C9H13NO3. The van der Waals surface area contributed by atoms with Crippen LogP contribution in [0.3, 0.4) is 0 Å². The summed E-state index contributed by atoms with van der Waals surface area (Å²) < 4.78 is 5.13. The van der Waals surface area contributed by atoms with Crippen molar-refractivity contribution in [3.8, 4) is 0 Å². The minimum atomic E-state index is -0.763. The summed E-state index contributed by atoms with van der Waals surface area (Å²) in [6, 6.07) is 0. The van der Waals surface area contributed by atoms with Crippen LogP contribution >= 0.6 is 0 Å². The molecule has 0 aromatic carbocycles. The zero-order chi connectivity index (χ0) is 9.31. The lowest BCUT2D eigenvalue weighted by Gasteiger charge is -2.38. The number of ketones is 1. The number of amides is 1. The molecule has 0 unspecified atom stereocenters. The van der Waals surface area contributed by atoms with Gasteiger partial charge in [0, 0.05) is 19.4 Å². The average Bonchev–Trinajstić information content (AvgIpc) is 2.11. The molecule has 2 fully saturated rings. The molecule has 1 aliphatic carbocycles. The summed E-state index contributed by atoms with van der Waals surface area (Å²) in [5.41, 5.74) is -0.763. The molecule has 1 N–H and O–H groups in total. The van der Waals surface area contributed by atoms with Crippen LogP contribution in [-0.2, 0) is 9.53 Å². The van der Waals surface area contributed by atoms with E-state index in [1.165, 1.54) is 0 Å². The first-order chi connectivity index (χ1) is 6.23. The quantitative estimate of drug-likeness (QED) is 0.609. The predicted octanol–water partition coefficient (Wildman–Crippen LogP) is 0.998. The van der Waals surface area contributed by atoms with E-state index in [2.05, 4.69) is 5.32 Å². The van der Waals surface area contributed by atoms with Gasteiger partial charge in [0.1, 0.15) is 0 Å². The van der Waals surface area contributed by atoms with Crippen LogP contribution in [0, 0.1) is 0 Å². The Morgan fingerprint density at radius 1 is 1.23 bits per heavy atom. The van der Waals surface area contributed by atoms with Crippen LogP contribution in [0.1, 0.15) is 32.1 Å². The van der Waals surface area contributed by atoms with E-state index in [4.69, 9.17) is 4.74 Å². The minimum Gasteiger partial charge on any atom is -0.435 e. The standard InChI is InChI=1S/C9H13NO3/c11-7-3-1-2-4-9(7)5-6-10-8(12)13-9/h1-6H2,(H,10,12)/t9-/m0/s1. The number of rotatable bonds is 0. The molecule has 0 radical (unpaired) electrons. The van der Waals surface area contributed by atoms with Gasteiger partial charge in [-0.15, -0.1) is 0 Å². The molecule has 72 valence electrons. The Hall–Kier alpha value is -1.06. The van der Waals surface area contributed by atoms with Crippen molar-refractivity contribution >= 4 is 11.9 Å². The molecule has 1 heterocycles. The van der Waals surface area contributed by atoms with Gasteiger partial charge >= 0.3 is 6.09 Å². The molecule has 1 atom stereocenters. The van der Waals surface area contributed by atoms with Gasteiger partial charge in [-0.25, -0.2) is 4.79 Å². The summed E-state index contributed by atoms with van der Waals surface area (Å²) in [4.78, 5) is 22.6. The minimum absolute atomic E-state index is 0.105. The number of carbonyl (C=O) groups excluding carboxylic acids is 2. The summed E-state index contributed by atoms with van der Waals surface area (Å²) in [7, 11) is 0. The molecule has 4 heteroatoms. The topological polar surface area (TPSA) is 55.4 Å². The van der Waals surface area contributed by atoms with E-state index in [9.17, 15) is 9.59 Å². The van der Waals surface area contributed by atoms with Gasteiger partial charge in [0.15, 0.2) is 11.4 Å². The van der Waals surface area contributed by atoms with Gasteiger partial charge in [0.05, 0.1) is 0 Å². The SMILES string of the molecule is O=C1NCC[C@]2(CCCCC2=O)O1. The van der Waals surface area contributed by atoms with E-state index in [1.807, 2.05) is 0 Å². The summed E-state index contributed by atoms with van der Waals surface area (Å²) in [5, 5.41) is 2.56. The van der Waals surface area contributed by atoms with Crippen LogP contribution in [0.2, 0.25) is 0 Å². The highest BCUT2D eigenvalue weighted by Crippen LogP contribution is 2.33. The third-order valence-electron chi connectivity index (χ3n) is 2.83. The normalized spacial score (nSPS) is 34.2. The van der Waals surface area contributed by atoms with Crippen LogP contribution < -0.4 is 5.32 Å². The molecule has 1 spiro atoms. The van der Waals surface area contributed by atoms with E-state index in [-0.39, 0.29) is 5.78 Å². The maximum atomic E-state index is 11.6. The molecule has 4 nitrogen and oxygen atoms in total. The molecule has 0 bridgehead atoms. The van der Waals surface area contributed by atoms with Crippen molar-refractivity contribution in [2.45, 2.75) is 37.7 Å². The third-order valence-corrected chi connectivity index (χ3v) is 2.83. The molecule has 1 saturated carbocycles. The lowest BCUT2D eigenvalue weighted by atomic mass is 9.80. The van der Waals surface area contributed by atoms with Crippen LogP contribution in [-0.4, -0.2) is 24.0 Å². The van der Waals surface area contributed by atoms with Crippen LogP contribution in [0.25, 0.3) is 0 Å². The van der Waals surface area contributed by atoms with Crippen molar-refractivity contribution < 1.29 is 14.3 Å². The molecule has 1 amide bonds. The Labute approximate surface area is 76.6 Å². The molecule has 0 aromatic rings. The van der Waals surface area contributed by atoms with Crippen molar-refractivity contribution in [2.24, 2.45) is 0 Å². The van der Waals surface area contributed by atoms with Crippen molar-refractivity contribution in [3.63, 3.8) is 0 Å². The summed E-state index contributed by atoms with van der Waals surface area (Å²) in [5.74, 6) is 0.105. The number of alkyl carbamates (subject to hydrolysis) is 1. The number of hydrogen-bond acceptors (Lipinski definition) is 3. The number of nitrogens with one attached hydrogen (secondary N) is 1. The predicted molar refractivity (Wildman–Crippen MR) is 45.3 cm³/mol. The Kier molecular flexibility index (Phi) is 1.98. The number of Topliss-reactive ketones (excluding diaryl/α,β-unsaturated/α-hetero) is 1. The highest BCUT2D eigenvalue weighted by atomic mass is 16.6. The lowest BCUT2D eigenvalue weighted by molar-refractivity contribution is -0.144. The fourth-order valence-corrected chi connectivity index (χ4v) is 2.07. The van der Waals surface area contributed by atoms with E-state index >= 15 is 0 Å². The maximum absolute atomic E-state index is 11.6. The van der Waals surface area contributed by atoms with Gasteiger partial charge in [-0.1, -0.05) is 0 Å². The van der Waals surface area contributed by atoms with Gasteiger partial charge in [-0.2, -0.15) is 0 Å². The van der Waals surface area contributed by atoms with E-state index in [0.717, 1.165) is 12.8 Å². The fraction of sp³-hybridized carbons (Fsp3) is 0.778. The van der Waals surface area contributed by atoms with Crippen molar-refractivity contribution in [1.29, 1.82) is 0 Å². The Balaban J connectivity index is 2.16. The van der Waals surface area contributed by atoms with Gasteiger partial charge in [-0.05, 0) is 19.3 Å². The molecule has 2 aliphatic rings. The zero-order valence-electron chi connectivity index (χ0n) is 7.47. The van der Waals surface area contributed by atoms with E-state index < -0.39 is 11.7 Å². The van der Waals surface area contributed by atoms with Gasteiger partial charge in [-0.3, -0.25) is 4.79 Å². The number of hydrogen-bond donors (Lipinski definition) is 1. The molecule has 0 aromatic heterocycles. The second-order valence-electron chi connectivity index (χ2n) is 3.69. The smallest absolute Gasteiger partial charge is 0.408 e. The van der Waals surface area contributed by atoms with Crippen molar-refractivity contribution in [3.05, 3.63) is 0 Å². The van der Waals surface area contributed by atoms with Crippen LogP contribution in [0.4, 0.5) is 4.79 Å². The lowest BCUT2D eigenvalue weighted by Crippen LogP contribution is -2.53. The molecular weight excluding hydrogens is 170 g/mol. The van der Waals surface area contributed by atoms with E-state index in [0.29, 0.717) is 25.8 Å². The van der Waals surface area contributed by atoms with Crippen molar-refractivity contribution in [1.82, 2.24) is 5.32 Å². The average molecular weight is 183 g/mol. The van der Waals surface area contributed by atoms with Gasteiger partial charge in [0.2, 0.25) is 0 Å². The molecule has 13 heavy (non-hydrogen) atoms. The largest absolute Gasteiger partial charge is 0.435 e. The zero-order valence-corrected chi connectivity index (χ0v) is 7.47. The van der Waals surface area contributed by atoms with Crippen LogP contribution in [0.5, 0.6) is 0 Å². The first-order valence-corrected chi connectivity index (χ1v) is 4.73. The Morgan fingerprint density at radius 2 is 2.08 bits per heavy atom. The number of ether oxygens (including phenoxy) is 1. The molecule has 2 rings (SSSR count). The fourth-order valence-electron chi connectivity index (χ4n) is 2.07. The van der Waals surface area contributed by atoms with Gasteiger partial charge < -0.3 is 10.1 Å². The summed E-state index contributed by atoms with van der Waals surface area (Å²) in [6.45, 7) is 0.560. The highest BCUT2D eigenvalue weighted by molar-refractivity contribution is 5.90. The monoisotopic (exact) mass is 183 g/mol. The Morgan fingerprint density at radius 3 is 2.77 bits per heavy atom. The second kappa shape index (κ2) is 3.01. The second-order valence-corrected chi connectivity index (χ2v) is 3.69. The third kappa shape index (κ3) is 1.41. The maximum Gasteiger partial charge on any atom is 0.408 e. The first kappa shape index (κ1) is 8.53. The van der Waals surface area contributed by atoms with Crippen molar-refractivity contribution in [2.75, 3.05) is 6.54 Å². The first-order valence-electron chi connectivity index (χ1n) is 4.73. The highest BCUT2D eigenvalue weighted by Gasteiger charge is 2.45. The Bertz CT molecular complexity index is 247. The van der Waals surface area contributed by atoms with Crippen LogP contribution in [0.15, 0.2) is 0 Å². The summed E-state index contributed by atoms with van der Waals surface area (Å²) >= 11 is 0. The summed E-state index contributed by atoms with van der Waals surface area (Å²) in [6.07, 6.45) is 3.39. The van der Waals surface area contributed by atoms with Gasteiger partial charge in [0.25, 0.3) is 0 Å². The van der Waals surface area contributed by atoms with E-state index in [1.54, 1.807) is 0 Å². The number of carbonyl (C=O) groups is 2. The molecule has 1 aliphatic heterocycles. The molecule has 1 saturated heterocycles.